The number of hydrogen-bond donors (Lipinski definition) is 2. The summed E-state index contributed by atoms with van der Waals surface area (Å²) < 4.78 is 12.3. The molecule has 0 spiro atoms. The van der Waals surface area contributed by atoms with Crippen LogP contribution in [0.4, 0.5) is 5.69 Å². The zero-order valence-electron chi connectivity index (χ0n) is 12.6. The summed E-state index contributed by atoms with van der Waals surface area (Å²) in [6.07, 6.45) is 3.61. The first-order valence-electron chi connectivity index (χ1n) is 6.76. The van der Waals surface area contributed by atoms with Crippen molar-refractivity contribution in [3.8, 4) is 11.5 Å². The topological polar surface area (TPSA) is 68.5 Å². The average Bonchev–Trinajstić information content (AvgIpc) is 2.93. The predicted octanol–water partition coefficient (Wildman–Crippen LogP) is 1.81. The van der Waals surface area contributed by atoms with Crippen LogP contribution in [-0.4, -0.2) is 35.7 Å². The molecule has 0 aliphatic carbocycles. The number of aliphatic hydroxyl groups is 1. The maximum absolute atomic E-state index is 8.87. The van der Waals surface area contributed by atoms with Gasteiger partial charge >= 0.3 is 0 Å². The van der Waals surface area contributed by atoms with Gasteiger partial charge in [0.2, 0.25) is 0 Å². The summed E-state index contributed by atoms with van der Waals surface area (Å²) in [5, 5.41) is 16.3. The van der Waals surface area contributed by atoms with Crippen molar-refractivity contribution in [2.75, 3.05) is 26.1 Å². The quantitative estimate of drug-likeness (QED) is 0.814. The van der Waals surface area contributed by atoms with Gasteiger partial charge in [0.1, 0.15) is 0 Å². The van der Waals surface area contributed by atoms with Crippen LogP contribution in [0.1, 0.15) is 11.1 Å². The number of nitrogens with one attached hydrogen (secondary N) is 1. The van der Waals surface area contributed by atoms with Crippen LogP contribution in [0.3, 0.4) is 0 Å². The van der Waals surface area contributed by atoms with Gasteiger partial charge in [0.05, 0.1) is 39.3 Å². The Bertz CT molecular complexity index is 596. The lowest BCUT2D eigenvalue weighted by Crippen LogP contribution is -2.03. The Kier molecular flexibility index (Phi) is 5.05. The van der Waals surface area contributed by atoms with Crippen LogP contribution >= 0.6 is 0 Å². The third-order valence-electron chi connectivity index (χ3n) is 3.29. The van der Waals surface area contributed by atoms with Crippen molar-refractivity contribution in [3.63, 3.8) is 0 Å². The van der Waals surface area contributed by atoms with Gasteiger partial charge in [0.25, 0.3) is 0 Å². The number of rotatable bonds is 7. The third kappa shape index (κ3) is 3.66. The second-order valence-corrected chi connectivity index (χ2v) is 4.70. The van der Waals surface area contributed by atoms with Crippen LogP contribution < -0.4 is 14.8 Å². The Morgan fingerprint density at radius 2 is 1.95 bits per heavy atom. The van der Waals surface area contributed by atoms with E-state index in [1.54, 1.807) is 25.1 Å². The van der Waals surface area contributed by atoms with Gasteiger partial charge in [-0.25, -0.2) is 0 Å². The zero-order chi connectivity index (χ0) is 15.2. The molecule has 0 bridgehead atoms. The third-order valence-corrected chi connectivity index (χ3v) is 3.29. The molecule has 1 heterocycles. The number of anilines is 1. The van der Waals surface area contributed by atoms with Gasteiger partial charge in [0, 0.05) is 12.7 Å². The van der Waals surface area contributed by atoms with E-state index in [9.17, 15) is 0 Å². The molecule has 0 radical (unpaired) electrons. The lowest BCUT2D eigenvalue weighted by Gasteiger charge is -2.13. The number of aliphatic hydroxyl groups excluding tert-OH is 1. The standard InChI is InChI=1S/C15H21N3O3/c1-11-6-14(20-2)15(21-3)7-12(11)8-16-13-9-17-18(10-13)4-5-19/h6-7,9-10,16,19H,4-5,8H2,1-3H3. The second-order valence-electron chi connectivity index (χ2n) is 4.70. The maximum atomic E-state index is 8.87. The first-order valence-corrected chi connectivity index (χ1v) is 6.76. The molecule has 1 aromatic heterocycles. The lowest BCUT2D eigenvalue weighted by molar-refractivity contribution is 0.269. The maximum Gasteiger partial charge on any atom is 0.161 e. The molecule has 114 valence electrons. The summed E-state index contributed by atoms with van der Waals surface area (Å²) in [5.74, 6) is 1.45. The van der Waals surface area contributed by atoms with E-state index in [1.807, 2.05) is 25.3 Å². The number of benzene rings is 1. The fraction of sp³-hybridized carbons (Fsp3) is 0.400. The van der Waals surface area contributed by atoms with E-state index < -0.39 is 0 Å². The van der Waals surface area contributed by atoms with Gasteiger partial charge in [-0.15, -0.1) is 0 Å². The molecule has 6 heteroatoms. The number of aromatic nitrogens is 2. The van der Waals surface area contributed by atoms with Gasteiger partial charge in [-0.05, 0) is 30.2 Å². The van der Waals surface area contributed by atoms with Gasteiger partial charge in [-0.3, -0.25) is 4.68 Å². The number of methoxy groups -OCH3 is 2. The molecule has 0 aliphatic rings. The summed E-state index contributed by atoms with van der Waals surface area (Å²) in [7, 11) is 3.26. The highest BCUT2D eigenvalue weighted by molar-refractivity contribution is 5.48. The molecule has 0 aliphatic heterocycles. The first-order chi connectivity index (χ1) is 10.2. The van der Waals surface area contributed by atoms with Crippen LogP contribution in [0.5, 0.6) is 11.5 Å². The van der Waals surface area contributed by atoms with Crippen molar-refractivity contribution >= 4 is 5.69 Å². The highest BCUT2D eigenvalue weighted by atomic mass is 16.5. The summed E-state index contributed by atoms with van der Waals surface area (Å²) in [6.45, 7) is 3.28. The van der Waals surface area contributed by atoms with Gasteiger partial charge in [-0.1, -0.05) is 0 Å². The molecular weight excluding hydrogens is 270 g/mol. The molecule has 0 saturated heterocycles. The number of ether oxygens (including phenoxy) is 2. The molecule has 2 aromatic rings. The van der Waals surface area contributed by atoms with Gasteiger partial charge < -0.3 is 19.9 Å². The number of nitrogens with zero attached hydrogens (tertiary/aromatic N) is 2. The zero-order valence-corrected chi connectivity index (χ0v) is 12.6. The minimum Gasteiger partial charge on any atom is -0.493 e. The van der Waals surface area contributed by atoms with Gasteiger partial charge in [-0.2, -0.15) is 5.10 Å². The SMILES string of the molecule is COc1cc(C)c(CNc2cnn(CCO)c2)cc1OC. The Hall–Kier alpha value is -2.21. The van der Waals surface area contributed by atoms with E-state index in [1.165, 1.54) is 0 Å². The van der Waals surface area contributed by atoms with Crippen LogP contribution in [0.2, 0.25) is 0 Å². The molecular formula is C15H21N3O3. The summed E-state index contributed by atoms with van der Waals surface area (Å²) in [5.41, 5.74) is 3.17. The summed E-state index contributed by atoms with van der Waals surface area (Å²) in [6, 6.07) is 3.93. The van der Waals surface area contributed by atoms with E-state index in [-0.39, 0.29) is 6.61 Å². The number of hydrogen-bond acceptors (Lipinski definition) is 5. The fourth-order valence-corrected chi connectivity index (χ4v) is 2.09. The molecule has 6 nitrogen and oxygen atoms in total. The van der Waals surface area contributed by atoms with E-state index in [0.29, 0.717) is 13.1 Å². The highest BCUT2D eigenvalue weighted by Crippen LogP contribution is 2.30. The largest absolute Gasteiger partial charge is 0.493 e. The van der Waals surface area contributed by atoms with Crippen LogP contribution in [0.15, 0.2) is 24.5 Å². The van der Waals surface area contributed by atoms with E-state index in [4.69, 9.17) is 14.6 Å². The highest BCUT2D eigenvalue weighted by Gasteiger charge is 2.08. The van der Waals surface area contributed by atoms with Crippen molar-refractivity contribution in [1.82, 2.24) is 9.78 Å². The predicted molar refractivity (Wildman–Crippen MR) is 80.9 cm³/mol. The van der Waals surface area contributed by atoms with Crippen LogP contribution in [0, 0.1) is 6.92 Å². The molecule has 0 fully saturated rings. The molecule has 0 unspecified atom stereocenters. The van der Waals surface area contributed by atoms with Crippen molar-refractivity contribution < 1.29 is 14.6 Å². The molecule has 21 heavy (non-hydrogen) atoms. The Morgan fingerprint density at radius 3 is 2.62 bits per heavy atom. The Balaban J connectivity index is 2.08. The van der Waals surface area contributed by atoms with Crippen molar-refractivity contribution in [2.24, 2.45) is 0 Å². The fourth-order valence-electron chi connectivity index (χ4n) is 2.09. The van der Waals surface area contributed by atoms with Crippen molar-refractivity contribution in [1.29, 1.82) is 0 Å². The Labute approximate surface area is 124 Å². The lowest BCUT2D eigenvalue weighted by atomic mass is 10.1. The Morgan fingerprint density at radius 1 is 1.24 bits per heavy atom. The molecule has 2 rings (SSSR count). The van der Waals surface area contributed by atoms with E-state index >= 15 is 0 Å². The molecule has 0 saturated carbocycles. The monoisotopic (exact) mass is 291 g/mol. The smallest absolute Gasteiger partial charge is 0.161 e. The molecule has 2 N–H and O–H groups in total. The summed E-state index contributed by atoms with van der Waals surface area (Å²) in [4.78, 5) is 0. The average molecular weight is 291 g/mol. The first kappa shape index (κ1) is 15.2. The van der Waals surface area contributed by atoms with E-state index in [2.05, 4.69) is 10.4 Å². The van der Waals surface area contributed by atoms with Crippen molar-refractivity contribution in [3.05, 3.63) is 35.7 Å². The minimum absolute atomic E-state index is 0.0793. The molecule has 0 atom stereocenters. The molecule has 1 aromatic carbocycles. The summed E-state index contributed by atoms with van der Waals surface area (Å²) >= 11 is 0. The van der Waals surface area contributed by atoms with E-state index in [0.717, 1.165) is 28.3 Å². The van der Waals surface area contributed by atoms with Gasteiger partial charge in [0.15, 0.2) is 11.5 Å². The number of aryl methyl sites for hydroxylation is 1. The van der Waals surface area contributed by atoms with Crippen LogP contribution in [0.25, 0.3) is 0 Å². The van der Waals surface area contributed by atoms with Crippen LogP contribution in [-0.2, 0) is 13.1 Å². The second kappa shape index (κ2) is 6.99. The van der Waals surface area contributed by atoms with Crippen molar-refractivity contribution in [2.45, 2.75) is 20.0 Å². The minimum atomic E-state index is 0.0793. The molecule has 0 amide bonds. The normalized spacial score (nSPS) is 10.5.